The minimum absolute atomic E-state index is 0.176. The smallest absolute Gasteiger partial charge is 0.317 e. The van der Waals surface area contributed by atoms with Gasteiger partial charge in [0.05, 0.1) is 0 Å². The molecule has 0 aromatic heterocycles. The number of urea groups is 1. The molecule has 0 spiro atoms. The fourth-order valence-corrected chi connectivity index (χ4v) is 2.33. The molecule has 0 fully saturated rings. The molecule has 5 heteroatoms. The Hall–Kier alpha value is -1.75. The number of ether oxygens (including phenoxy) is 1. The number of nitrogens with zero attached hydrogens (tertiary/aromatic N) is 1. The van der Waals surface area contributed by atoms with Gasteiger partial charge in [0.15, 0.2) is 6.73 Å². The molecule has 0 aliphatic carbocycles. The number of hydrogen-bond acceptors (Lipinski definition) is 3. The first-order chi connectivity index (χ1) is 11.2. The van der Waals surface area contributed by atoms with Crippen molar-refractivity contribution in [2.45, 2.75) is 40.0 Å². The lowest BCUT2D eigenvalue weighted by molar-refractivity contribution is 0.223. The monoisotopic (exact) mass is 321 g/mol. The van der Waals surface area contributed by atoms with Crippen LogP contribution >= 0.6 is 0 Å². The van der Waals surface area contributed by atoms with E-state index in [9.17, 15) is 4.79 Å². The van der Waals surface area contributed by atoms with Crippen molar-refractivity contribution in [1.29, 1.82) is 0 Å². The molecule has 5 nitrogen and oxygen atoms in total. The predicted molar refractivity (Wildman–Crippen MR) is 94.9 cm³/mol. The summed E-state index contributed by atoms with van der Waals surface area (Å²) in [6, 6.07) is 7.81. The van der Waals surface area contributed by atoms with E-state index >= 15 is 0 Å². The van der Waals surface area contributed by atoms with E-state index in [0.29, 0.717) is 6.54 Å². The number of amides is 2. The molecule has 130 valence electrons. The molecule has 0 radical (unpaired) electrons. The Kier molecular flexibility index (Phi) is 9.87. The summed E-state index contributed by atoms with van der Waals surface area (Å²) >= 11 is 0. The largest absolute Gasteiger partial charge is 0.473 e. The number of rotatable bonds is 11. The van der Waals surface area contributed by atoms with E-state index in [1.54, 1.807) is 0 Å². The molecule has 1 aromatic carbocycles. The third kappa shape index (κ3) is 8.45. The van der Waals surface area contributed by atoms with Crippen molar-refractivity contribution in [3.8, 4) is 5.75 Å². The van der Waals surface area contributed by atoms with Crippen LogP contribution in [0.1, 0.15) is 39.2 Å². The highest BCUT2D eigenvalue weighted by Crippen LogP contribution is 2.12. The Morgan fingerprint density at radius 2 is 1.78 bits per heavy atom. The maximum Gasteiger partial charge on any atom is 0.317 e. The van der Waals surface area contributed by atoms with Crippen LogP contribution in [0.3, 0.4) is 0 Å². The van der Waals surface area contributed by atoms with Gasteiger partial charge in [0, 0.05) is 6.54 Å². The van der Waals surface area contributed by atoms with Crippen LogP contribution in [-0.4, -0.2) is 43.8 Å². The summed E-state index contributed by atoms with van der Waals surface area (Å²) in [6.07, 6.45) is 3.17. The number of carbonyl (C=O) groups is 1. The van der Waals surface area contributed by atoms with E-state index in [1.807, 2.05) is 12.1 Å². The third-order valence-electron chi connectivity index (χ3n) is 3.76. The number of nitrogens with one attached hydrogen (secondary N) is 2. The lowest BCUT2D eigenvalue weighted by Crippen LogP contribution is -2.39. The summed E-state index contributed by atoms with van der Waals surface area (Å²) in [6.45, 7) is 10.4. The van der Waals surface area contributed by atoms with Crippen LogP contribution in [0.5, 0.6) is 5.75 Å². The van der Waals surface area contributed by atoms with Gasteiger partial charge in [0.1, 0.15) is 5.75 Å². The molecule has 23 heavy (non-hydrogen) atoms. The molecule has 0 saturated carbocycles. The van der Waals surface area contributed by atoms with Crippen molar-refractivity contribution in [2.75, 3.05) is 32.9 Å². The average molecular weight is 321 g/mol. The van der Waals surface area contributed by atoms with Crippen LogP contribution < -0.4 is 15.4 Å². The first kappa shape index (κ1) is 19.3. The summed E-state index contributed by atoms with van der Waals surface area (Å²) in [4.78, 5) is 14.0. The molecule has 2 amide bonds. The molecule has 0 unspecified atom stereocenters. The van der Waals surface area contributed by atoms with Crippen molar-refractivity contribution in [2.24, 2.45) is 0 Å². The maximum atomic E-state index is 11.6. The van der Waals surface area contributed by atoms with Crippen molar-refractivity contribution >= 4 is 6.03 Å². The third-order valence-corrected chi connectivity index (χ3v) is 3.76. The molecular formula is C18H31N3O2. The second kappa shape index (κ2) is 11.8. The Morgan fingerprint density at radius 3 is 2.39 bits per heavy atom. The Morgan fingerprint density at radius 1 is 1.09 bits per heavy atom. The second-order valence-corrected chi connectivity index (χ2v) is 5.50. The molecule has 1 rings (SSSR count). The van der Waals surface area contributed by atoms with Gasteiger partial charge in [0.2, 0.25) is 0 Å². The fourth-order valence-electron chi connectivity index (χ4n) is 2.33. The Bertz CT molecular complexity index is 430. The normalized spacial score (nSPS) is 10.6. The van der Waals surface area contributed by atoms with Gasteiger partial charge in [-0.25, -0.2) is 4.79 Å². The Labute approximate surface area is 140 Å². The van der Waals surface area contributed by atoms with Crippen molar-refractivity contribution in [1.82, 2.24) is 15.5 Å². The zero-order valence-electron chi connectivity index (χ0n) is 14.7. The number of carbonyl (C=O) groups excluding carboxylic acids is 1. The molecule has 0 saturated heterocycles. The highest BCUT2D eigenvalue weighted by molar-refractivity contribution is 5.73. The Balaban J connectivity index is 2.11. The molecule has 0 bridgehead atoms. The van der Waals surface area contributed by atoms with Crippen LogP contribution in [0.2, 0.25) is 0 Å². The van der Waals surface area contributed by atoms with Gasteiger partial charge in [0.25, 0.3) is 0 Å². The molecular weight excluding hydrogens is 290 g/mol. The van der Waals surface area contributed by atoms with E-state index in [0.717, 1.165) is 44.6 Å². The van der Waals surface area contributed by atoms with Gasteiger partial charge in [-0.15, -0.1) is 0 Å². The standard InChI is InChI=1S/C18H31N3O2/c1-4-8-16-9-11-17(12-10-16)23-15-20-18(22)19-13-7-14-21(5-2)6-3/h9-12H,4-8,13-15H2,1-3H3,(H2,19,20,22). The molecule has 0 aliphatic rings. The van der Waals surface area contributed by atoms with E-state index in [2.05, 4.69) is 48.4 Å². The maximum absolute atomic E-state index is 11.6. The van der Waals surface area contributed by atoms with Crippen molar-refractivity contribution < 1.29 is 9.53 Å². The molecule has 1 aromatic rings. The summed E-state index contributed by atoms with van der Waals surface area (Å²) in [5.74, 6) is 0.770. The second-order valence-electron chi connectivity index (χ2n) is 5.50. The highest BCUT2D eigenvalue weighted by Gasteiger charge is 2.02. The highest BCUT2D eigenvalue weighted by atomic mass is 16.5. The van der Waals surface area contributed by atoms with Gasteiger partial charge in [-0.05, 0) is 50.2 Å². The van der Waals surface area contributed by atoms with E-state index in [4.69, 9.17) is 4.74 Å². The van der Waals surface area contributed by atoms with Crippen molar-refractivity contribution in [3.63, 3.8) is 0 Å². The molecule has 0 atom stereocenters. The average Bonchev–Trinajstić information content (AvgIpc) is 2.57. The number of aryl methyl sites for hydroxylation is 1. The van der Waals surface area contributed by atoms with Gasteiger partial charge >= 0.3 is 6.03 Å². The van der Waals surface area contributed by atoms with Crippen LogP contribution in [0.4, 0.5) is 4.79 Å². The number of benzene rings is 1. The minimum atomic E-state index is -0.188. The van der Waals surface area contributed by atoms with E-state index in [-0.39, 0.29) is 12.8 Å². The lowest BCUT2D eigenvalue weighted by Gasteiger charge is -2.17. The predicted octanol–water partition coefficient (Wildman–Crippen LogP) is 3.01. The first-order valence-electron chi connectivity index (χ1n) is 8.65. The SMILES string of the molecule is CCCc1ccc(OCNC(=O)NCCCN(CC)CC)cc1. The topological polar surface area (TPSA) is 53.6 Å². The zero-order chi connectivity index (χ0) is 16.9. The summed E-state index contributed by atoms with van der Waals surface area (Å²) < 4.78 is 5.51. The van der Waals surface area contributed by atoms with Crippen molar-refractivity contribution in [3.05, 3.63) is 29.8 Å². The summed E-state index contributed by atoms with van der Waals surface area (Å²) in [5, 5.41) is 5.54. The number of hydrogen-bond donors (Lipinski definition) is 2. The van der Waals surface area contributed by atoms with Crippen LogP contribution in [0.15, 0.2) is 24.3 Å². The zero-order valence-corrected chi connectivity index (χ0v) is 14.7. The van der Waals surface area contributed by atoms with Gasteiger partial charge in [-0.2, -0.15) is 0 Å². The summed E-state index contributed by atoms with van der Waals surface area (Å²) in [5.41, 5.74) is 1.30. The van der Waals surface area contributed by atoms with Crippen LogP contribution in [0, 0.1) is 0 Å². The molecule has 0 aliphatic heterocycles. The van der Waals surface area contributed by atoms with Gasteiger partial charge in [-0.1, -0.05) is 39.3 Å². The van der Waals surface area contributed by atoms with E-state index < -0.39 is 0 Å². The molecule has 0 heterocycles. The van der Waals surface area contributed by atoms with Gasteiger partial charge < -0.3 is 20.3 Å². The first-order valence-corrected chi connectivity index (χ1v) is 8.65. The lowest BCUT2D eigenvalue weighted by atomic mass is 10.1. The van der Waals surface area contributed by atoms with E-state index in [1.165, 1.54) is 5.56 Å². The summed E-state index contributed by atoms with van der Waals surface area (Å²) in [7, 11) is 0. The quantitative estimate of drug-likeness (QED) is 0.486. The fraction of sp³-hybridized carbons (Fsp3) is 0.611. The minimum Gasteiger partial charge on any atom is -0.473 e. The van der Waals surface area contributed by atoms with Crippen LogP contribution in [0.25, 0.3) is 0 Å². The van der Waals surface area contributed by atoms with Gasteiger partial charge in [-0.3, -0.25) is 0 Å². The van der Waals surface area contributed by atoms with Crippen LogP contribution in [-0.2, 0) is 6.42 Å². The molecule has 2 N–H and O–H groups in total.